The van der Waals surface area contributed by atoms with Crippen LogP contribution in [0.5, 0.6) is 5.75 Å². The number of benzene rings is 2. The van der Waals surface area contributed by atoms with Gasteiger partial charge >= 0.3 is 5.97 Å². The highest BCUT2D eigenvalue weighted by Gasteiger charge is 2.19. The summed E-state index contributed by atoms with van der Waals surface area (Å²) in [6.45, 7) is -0.205. The lowest BCUT2D eigenvalue weighted by Gasteiger charge is -2.22. The van der Waals surface area contributed by atoms with E-state index < -0.39 is 11.8 Å². The molecule has 0 fully saturated rings. The van der Waals surface area contributed by atoms with Crippen LogP contribution in [0, 0.1) is 5.82 Å². The molecule has 0 bridgehead atoms. The maximum absolute atomic E-state index is 14.0. The predicted octanol–water partition coefficient (Wildman–Crippen LogP) is 3.14. The highest BCUT2D eigenvalue weighted by atomic mass is 19.1. The molecule has 0 amide bonds. The van der Waals surface area contributed by atoms with Crippen LogP contribution in [-0.4, -0.2) is 34.2 Å². The smallest absolute Gasteiger partial charge is 0.325 e. The number of aliphatic imine (C=N–C) groups is 1. The molecule has 7 nitrogen and oxygen atoms in total. The van der Waals surface area contributed by atoms with Crippen molar-refractivity contribution in [3.8, 4) is 5.75 Å². The van der Waals surface area contributed by atoms with Gasteiger partial charge in [-0.05, 0) is 29.8 Å². The number of halogens is 1. The number of carboxylic acid groups (broad SMARTS) is 1. The molecule has 0 saturated carbocycles. The molecule has 0 aliphatic carbocycles. The summed E-state index contributed by atoms with van der Waals surface area (Å²) in [5.74, 6) is -1.21. The fourth-order valence-electron chi connectivity index (χ4n) is 2.96. The molecule has 2 aromatic carbocycles. The Morgan fingerprint density at radius 2 is 2.23 bits per heavy atom. The van der Waals surface area contributed by atoms with Crippen molar-refractivity contribution in [1.82, 2.24) is 9.78 Å². The molecule has 8 heteroatoms. The molecule has 3 aromatic rings. The Balaban J connectivity index is 1.66. The van der Waals surface area contributed by atoms with E-state index in [1.807, 2.05) is 12.1 Å². The Labute approximate surface area is 147 Å². The summed E-state index contributed by atoms with van der Waals surface area (Å²) >= 11 is 0. The van der Waals surface area contributed by atoms with Crippen LogP contribution in [-0.2, 0) is 11.3 Å². The molecule has 4 rings (SSSR count). The minimum Gasteiger partial charge on any atom is -0.494 e. The quantitative estimate of drug-likeness (QED) is 0.751. The van der Waals surface area contributed by atoms with Gasteiger partial charge < -0.3 is 15.2 Å². The topological polar surface area (TPSA) is 88.7 Å². The lowest BCUT2D eigenvalue weighted by molar-refractivity contribution is -0.137. The second-order valence-corrected chi connectivity index (χ2v) is 5.94. The summed E-state index contributed by atoms with van der Waals surface area (Å²) in [5, 5.41) is 17.3. The number of methoxy groups -OCH3 is 1. The first-order chi connectivity index (χ1) is 12.5. The zero-order chi connectivity index (χ0) is 18.3. The van der Waals surface area contributed by atoms with Crippen LogP contribution in [0.1, 0.15) is 11.6 Å². The number of hydrogen-bond acceptors (Lipinski definition) is 5. The molecule has 0 spiro atoms. The van der Waals surface area contributed by atoms with E-state index in [1.165, 1.54) is 17.9 Å². The minimum absolute atomic E-state index is 0.188. The second kappa shape index (κ2) is 6.14. The minimum atomic E-state index is -0.958. The van der Waals surface area contributed by atoms with Crippen molar-refractivity contribution in [2.24, 2.45) is 4.99 Å². The van der Waals surface area contributed by atoms with Crippen LogP contribution in [0.2, 0.25) is 0 Å². The first kappa shape index (κ1) is 16.1. The molecule has 1 atom stereocenters. The molecule has 2 N–H and O–H groups in total. The van der Waals surface area contributed by atoms with Gasteiger partial charge in [0.15, 0.2) is 11.6 Å². The van der Waals surface area contributed by atoms with Gasteiger partial charge in [0, 0.05) is 17.8 Å². The number of rotatable bonds is 4. The Kier molecular flexibility index (Phi) is 3.80. The summed E-state index contributed by atoms with van der Waals surface area (Å²) in [6.07, 6.45) is 3.38. The Bertz CT molecular complexity index is 1040. The Morgan fingerprint density at radius 1 is 1.38 bits per heavy atom. The number of ether oxygens (including phenoxy) is 1. The number of carboxylic acids is 1. The zero-order valence-electron chi connectivity index (χ0n) is 13.8. The third-order valence-electron chi connectivity index (χ3n) is 4.18. The zero-order valence-corrected chi connectivity index (χ0v) is 13.8. The number of hydrogen-bond donors (Lipinski definition) is 2. The Hall–Kier alpha value is -3.42. The van der Waals surface area contributed by atoms with Crippen LogP contribution in [0.15, 0.2) is 41.5 Å². The van der Waals surface area contributed by atoms with Crippen molar-refractivity contribution < 1.29 is 19.0 Å². The standard InChI is InChI=1S/C18H15FN4O3/c1-26-17-3-2-10(4-12(17)19)16-7-20-14-5-11-8-23(9-18(24)25)22-13(11)6-15(14)21-16/h2-8,16,21H,9H2,1H3,(H,24,25). The lowest BCUT2D eigenvalue weighted by atomic mass is 10.0. The maximum Gasteiger partial charge on any atom is 0.325 e. The first-order valence-corrected chi connectivity index (χ1v) is 7.90. The summed E-state index contributed by atoms with van der Waals surface area (Å²) in [4.78, 5) is 15.3. The third kappa shape index (κ3) is 2.85. The van der Waals surface area contributed by atoms with Crippen molar-refractivity contribution in [2.75, 3.05) is 12.4 Å². The average Bonchev–Trinajstić information content (AvgIpc) is 2.99. The van der Waals surface area contributed by atoms with Gasteiger partial charge in [0.2, 0.25) is 0 Å². The first-order valence-electron chi connectivity index (χ1n) is 7.90. The lowest BCUT2D eigenvalue weighted by Crippen LogP contribution is -2.15. The number of aliphatic carboxylic acids is 1. The normalized spacial score (nSPS) is 15.5. The molecule has 1 aromatic heterocycles. The van der Waals surface area contributed by atoms with E-state index in [9.17, 15) is 9.18 Å². The van der Waals surface area contributed by atoms with Gasteiger partial charge in [-0.1, -0.05) is 6.07 Å². The number of aromatic nitrogens is 2. The predicted molar refractivity (Wildman–Crippen MR) is 94.8 cm³/mol. The van der Waals surface area contributed by atoms with E-state index in [4.69, 9.17) is 9.84 Å². The highest BCUT2D eigenvalue weighted by molar-refractivity contribution is 5.93. The van der Waals surface area contributed by atoms with Crippen LogP contribution in [0.4, 0.5) is 15.8 Å². The van der Waals surface area contributed by atoms with E-state index in [0.29, 0.717) is 11.1 Å². The van der Waals surface area contributed by atoms with Gasteiger partial charge in [-0.3, -0.25) is 14.5 Å². The fraction of sp³-hybridized carbons (Fsp3) is 0.167. The fourth-order valence-corrected chi connectivity index (χ4v) is 2.96. The molecule has 2 heterocycles. The van der Waals surface area contributed by atoms with E-state index in [1.54, 1.807) is 24.5 Å². The summed E-state index contributed by atoms with van der Waals surface area (Å²) in [5.41, 5.74) is 2.85. The molecule has 1 aliphatic rings. The van der Waals surface area contributed by atoms with Gasteiger partial charge in [-0.25, -0.2) is 4.39 Å². The number of anilines is 1. The molecule has 26 heavy (non-hydrogen) atoms. The van der Waals surface area contributed by atoms with Crippen LogP contribution in [0.3, 0.4) is 0 Å². The largest absolute Gasteiger partial charge is 0.494 e. The Morgan fingerprint density at radius 3 is 2.96 bits per heavy atom. The monoisotopic (exact) mass is 354 g/mol. The van der Waals surface area contributed by atoms with Crippen molar-refractivity contribution >= 4 is 34.5 Å². The van der Waals surface area contributed by atoms with Crippen molar-refractivity contribution in [2.45, 2.75) is 12.6 Å². The molecule has 0 saturated heterocycles. The summed E-state index contributed by atoms with van der Waals surface area (Å²) in [7, 11) is 1.42. The number of carbonyl (C=O) groups is 1. The SMILES string of the molecule is COc1ccc(C2C=Nc3cc4cn(CC(=O)O)nc4cc3N2)cc1F. The van der Waals surface area contributed by atoms with Crippen molar-refractivity contribution in [1.29, 1.82) is 0 Å². The summed E-state index contributed by atoms with van der Waals surface area (Å²) in [6, 6.07) is 8.12. The third-order valence-corrected chi connectivity index (χ3v) is 4.18. The van der Waals surface area contributed by atoms with Gasteiger partial charge in [0.05, 0.1) is 30.0 Å². The van der Waals surface area contributed by atoms with Crippen LogP contribution < -0.4 is 10.1 Å². The average molecular weight is 354 g/mol. The molecular formula is C18H15FN4O3. The van der Waals surface area contributed by atoms with Crippen LogP contribution in [0.25, 0.3) is 10.9 Å². The highest BCUT2D eigenvalue weighted by Crippen LogP contribution is 2.36. The van der Waals surface area contributed by atoms with E-state index in [-0.39, 0.29) is 18.3 Å². The van der Waals surface area contributed by atoms with Gasteiger partial charge in [-0.15, -0.1) is 0 Å². The summed E-state index contributed by atoms with van der Waals surface area (Å²) < 4.78 is 20.3. The van der Waals surface area contributed by atoms with Gasteiger partial charge in [0.1, 0.15) is 6.54 Å². The molecule has 1 aliphatic heterocycles. The van der Waals surface area contributed by atoms with Crippen molar-refractivity contribution in [3.63, 3.8) is 0 Å². The van der Waals surface area contributed by atoms with E-state index in [2.05, 4.69) is 15.4 Å². The second-order valence-electron chi connectivity index (χ2n) is 5.94. The van der Waals surface area contributed by atoms with E-state index in [0.717, 1.165) is 16.8 Å². The van der Waals surface area contributed by atoms with Gasteiger partial charge in [0.25, 0.3) is 0 Å². The van der Waals surface area contributed by atoms with Crippen molar-refractivity contribution in [3.05, 3.63) is 47.9 Å². The molecule has 132 valence electrons. The molecule has 1 unspecified atom stereocenters. The van der Waals surface area contributed by atoms with Crippen LogP contribution >= 0.6 is 0 Å². The molecular weight excluding hydrogens is 339 g/mol. The van der Waals surface area contributed by atoms with E-state index >= 15 is 0 Å². The number of nitrogens with zero attached hydrogens (tertiary/aromatic N) is 3. The number of fused-ring (bicyclic) bond motifs is 2. The maximum atomic E-state index is 14.0. The van der Waals surface area contributed by atoms with Gasteiger partial charge in [-0.2, -0.15) is 5.10 Å². The number of nitrogens with one attached hydrogen (secondary N) is 1. The molecule has 0 radical (unpaired) electrons.